The monoisotopic (exact) mass is 201 g/mol. The van der Waals surface area contributed by atoms with Crippen molar-refractivity contribution >= 4 is 0 Å². The van der Waals surface area contributed by atoms with Gasteiger partial charge >= 0.3 is 0 Å². The number of allylic oxidation sites excluding steroid dienone is 2. The Hall–Kier alpha value is -0.770. The van der Waals surface area contributed by atoms with Gasteiger partial charge in [0.15, 0.2) is 0 Å². The highest BCUT2D eigenvalue weighted by Gasteiger charge is 2.56. The van der Waals surface area contributed by atoms with E-state index in [1.165, 1.54) is 12.8 Å². The van der Waals surface area contributed by atoms with Gasteiger partial charge in [-0.3, -0.25) is 0 Å². The molecule has 2 bridgehead atoms. The Bertz CT molecular complexity index is 358. The van der Waals surface area contributed by atoms with Crippen LogP contribution in [0.5, 0.6) is 0 Å². The lowest BCUT2D eigenvalue weighted by molar-refractivity contribution is -0.0560. The third-order valence-electron chi connectivity index (χ3n) is 5.35. The van der Waals surface area contributed by atoms with Gasteiger partial charge in [-0.1, -0.05) is 25.5 Å². The van der Waals surface area contributed by atoms with E-state index in [2.05, 4.69) is 26.0 Å². The van der Waals surface area contributed by atoms with Gasteiger partial charge in [0.05, 0.1) is 12.0 Å². The molecule has 0 aliphatic heterocycles. The van der Waals surface area contributed by atoms with Gasteiger partial charge in [-0.15, -0.1) is 0 Å². The molecule has 4 atom stereocenters. The van der Waals surface area contributed by atoms with Crippen molar-refractivity contribution in [3.63, 3.8) is 0 Å². The lowest BCUT2D eigenvalue weighted by atomic mass is 9.43. The van der Waals surface area contributed by atoms with Crippen LogP contribution in [0.1, 0.15) is 39.5 Å². The third-order valence-corrected chi connectivity index (χ3v) is 5.35. The fraction of sp³-hybridized carbons (Fsp3) is 0.786. The van der Waals surface area contributed by atoms with E-state index in [0.29, 0.717) is 17.3 Å². The quantitative estimate of drug-likeness (QED) is 0.550. The minimum absolute atomic E-state index is 0.325. The highest BCUT2D eigenvalue weighted by Crippen LogP contribution is 2.64. The molecule has 0 radical (unpaired) electrons. The normalized spacial score (nSPS) is 45.8. The fourth-order valence-corrected chi connectivity index (χ4v) is 4.16. The largest absolute Gasteiger partial charge is 0.198 e. The maximum atomic E-state index is 9.18. The van der Waals surface area contributed by atoms with Gasteiger partial charge in [0.1, 0.15) is 0 Å². The lowest BCUT2D eigenvalue weighted by Crippen LogP contribution is -2.53. The first-order valence-corrected chi connectivity index (χ1v) is 6.24. The smallest absolute Gasteiger partial charge is 0.0662 e. The van der Waals surface area contributed by atoms with Crippen molar-refractivity contribution in [2.45, 2.75) is 39.5 Å². The van der Waals surface area contributed by atoms with Gasteiger partial charge in [0.25, 0.3) is 0 Å². The Labute approximate surface area is 92.2 Å². The topological polar surface area (TPSA) is 23.8 Å². The van der Waals surface area contributed by atoms with Crippen LogP contribution >= 0.6 is 0 Å². The predicted octanol–water partition coefficient (Wildman–Crippen LogP) is 3.53. The molecule has 0 aromatic heterocycles. The van der Waals surface area contributed by atoms with Crippen LogP contribution in [0.3, 0.4) is 0 Å². The Morgan fingerprint density at radius 1 is 1.40 bits per heavy atom. The van der Waals surface area contributed by atoms with E-state index >= 15 is 0 Å². The number of nitriles is 1. The molecule has 4 aliphatic rings. The van der Waals surface area contributed by atoms with Gasteiger partial charge < -0.3 is 0 Å². The molecule has 3 fully saturated rings. The van der Waals surface area contributed by atoms with E-state index in [1.54, 1.807) is 5.57 Å². The molecule has 1 heteroatoms. The molecule has 4 aliphatic carbocycles. The van der Waals surface area contributed by atoms with Crippen LogP contribution in [-0.2, 0) is 0 Å². The van der Waals surface area contributed by atoms with Crippen LogP contribution in [0, 0.1) is 40.4 Å². The first kappa shape index (κ1) is 9.46. The van der Waals surface area contributed by atoms with Crippen molar-refractivity contribution < 1.29 is 0 Å². The molecule has 0 aromatic rings. The number of hydrogen-bond donors (Lipinski definition) is 0. The van der Waals surface area contributed by atoms with Crippen molar-refractivity contribution in [1.82, 2.24) is 0 Å². The average molecular weight is 201 g/mol. The molecule has 0 spiro atoms. The third kappa shape index (κ3) is 1.08. The van der Waals surface area contributed by atoms with Crippen molar-refractivity contribution in [2.75, 3.05) is 0 Å². The van der Waals surface area contributed by atoms with E-state index < -0.39 is 0 Å². The first-order chi connectivity index (χ1) is 7.14. The van der Waals surface area contributed by atoms with Gasteiger partial charge in [0, 0.05) is 0 Å². The van der Waals surface area contributed by atoms with Crippen LogP contribution in [0.4, 0.5) is 0 Å². The molecule has 80 valence electrons. The second kappa shape index (κ2) is 2.88. The molecule has 0 amide bonds. The summed E-state index contributed by atoms with van der Waals surface area (Å²) in [6.45, 7) is 4.83. The number of hydrogen-bond acceptors (Lipinski definition) is 1. The van der Waals surface area contributed by atoms with E-state index in [9.17, 15) is 5.26 Å². The molecule has 0 unspecified atom stereocenters. The van der Waals surface area contributed by atoms with Gasteiger partial charge in [-0.2, -0.15) is 5.26 Å². The average Bonchev–Trinajstić information content (AvgIpc) is 2.27. The van der Waals surface area contributed by atoms with Crippen LogP contribution in [0.15, 0.2) is 11.6 Å². The summed E-state index contributed by atoms with van der Waals surface area (Å²) < 4.78 is 0. The van der Waals surface area contributed by atoms with Crippen LogP contribution in [0.2, 0.25) is 0 Å². The highest BCUT2D eigenvalue weighted by atomic mass is 14.6. The molecule has 4 rings (SSSR count). The minimum Gasteiger partial charge on any atom is -0.198 e. The fourth-order valence-electron chi connectivity index (χ4n) is 4.16. The maximum Gasteiger partial charge on any atom is 0.0662 e. The number of rotatable bonds is 0. The maximum absolute atomic E-state index is 9.18. The summed E-state index contributed by atoms with van der Waals surface area (Å²) in [7, 11) is 0. The standard InChI is InChI=1S/C14H19N/c1-14(2)10-6-12-9(8-15)4-3-5-11(12)13(14)7-10/h5,9-10,12-13H,3-4,6-7H2,1-2H3/t9-,10-,12-,13-/m0/s1. The molecular weight excluding hydrogens is 182 g/mol. The van der Waals surface area contributed by atoms with Gasteiger partial charge in [0.2, 0.25) is 0 Å². The van der Waals surface area contributed by atoms with Crippen molar-refractivity contribution in [1.29, 1.82) is 5.26 Å². The van der Waals surface area contributed by atoms with Gasteiger partial charge in [-0.05, 0) is 48.9 Å². The molecule has 15 heavy (non-hydrogen) atoms. The van der Waals surface area contributed by atoms with E-state index in [0.717, 1.165) is 24.7 Å². The van der Waals surface area contributed by atoms with Crippen LogP contribution in [0.25, 0.3) is 0 Å². The molecule has 3 saturated carbocycles. The zero-order valence-electron chi connectivity index (χ0n) is 9.66. The van der Waals surface area contributed by atoms with Crippen LogP contribution < -0.4 is 0 Å². The van der Waals surface area contributed by atoms with Crippen molar-refractivity contribution in [3.8, 4) is 6.07 Å². The summed E-state index contributed by atoms with van der Waals surface area (Å²) in [5, 5.41) is 9.18. The lowest BCUT2D eigenvalue weighted by Gasteiger charge is -2.61. The molecule has 1 nitrogen and oxygen atoms in total. The summed E-state index contributed by atoms with van der Waals surface area (Å²) in [6.07, 6.45) is 7.38. The minimum atomic E-state index is 0.325. The summed E-state index contributed by atoms with van der Waals surface area (Å²) >= 11 is 0. The zero-order valence-corrected chi connectivity index (χ0v) is 9.66. The van der Waals surface area contributed by atoms with Crippen molar-refractivity contribution in [2.24, 2.45) is 29.1 Å². The Kier molecular flexibility index (Phi) is 1.81. The SMILES string of the molecule is CC1(C)[C@H]2C[C@@H]3C(=CCC[C@H]3C#N)[C@@H]1C2. The molecule has 0 aromatic carbocycles. The van der Waals surface area contributed by atoms with Crippen molar-refractivity contribution in [3.05, 3.63) is 11.6 Å². The molecular formula is C14H19N. The molecule has 0 saturated heterocycles. The van der Waals surface area contributed by atoms with Crippen LogP contribution in [-0.4, -0.2) is 0 Å². The van der Waals surface area contributed by atoms with Gasteiger partial charge in [-0.25, -0.2) is 0 Å². The summed E-state index contributed by atoms with van der Waals surface area (Å²) in [5.41, 5.74) is 2.18. The van der Waals surface area contributed by atoms with E-state index in [1.807, 2.05) is 0 Å². The highest BCUT2D eigenvalue weighted by molar-refractivity contribution is 5.28. The summed E-state index contributed by atoms with van der Waals surface area (Å²) in [6, 6.07) is 2.53. The molecule has 0 heterocycles. The Balaban J connectivity index is 1.94. The zero-order chi connectivity index (χ0) is 10.6. The second-order valence-electron chi connectivity index (χ2n) is 6.17. The second-order valence-corrected chi connectivity index (χ2v) is 6.17. The summed E-state index contributed by atoms with van der Waals surface area (Å²) in [5.74, 6) is 2.64. The number of nitrogens with zero attached hydrogens (tertiary/aromatic N) is 1. The first-order valence-electron chi connectivity index (χ1n) is 6.24. The Morgan fingerprint density at radius 2 is 2.20 bits per heavy atom. The predicted molar refractivity (Wildman–Crippen MR) is 59.9 cm³/mol. The van der Waals surface area contributed by atoms with E-state index in [4.69, 9.17) is 0 Å². The van der Waals surface area contributed by atoms with E-state index in [-0.39, 0.29) is 0 Å². The summed E-state index contributed by atoms with van der Waals surface area (Å²) in [4.78, 5) is 0. The molecule has 0 N–H and O–H groups in total. The Morgan fingerprint density at radius 3 is 2.87 bits per heavy atom.